The molecule has 1 aliphatic heterocycles. The van der Waals surface area contributed by atoms with Gasteiger partial charge in [-0.3, -0.25) is 10.0 Å². The monoisotopic (exact) mass is 580 g/mol. The topological polar surface area (TPSA) is 105 Å². The van der Waals surface area contributed by atoms with Crippen molar-refractivity contribution >= 4 is 15.7 Å². The molecule has 1 fully saturated rings. The molecule has 0 aliphatic carbocycles. The average Bonchev–Trinajstić information content (AvgIpc) is 3.02. The van der Waals surface area contributed by atoms with Crippen LogP contribution in [0.15, 0.2) is 77.7 Å². The zero-order valence-corrected chi connectivity index (χ0v) is 24.7. The van der Waals surface area contributed by atoms with Crippen molar-refractivity contribution in [3.63, 3.8) is 0 Å². The van der Waals surface area contributed by atoms with Gasteiger partial charge in [0.2, 0.25) is 0 Å². The molecule has 1 saturated heterocycles. The van der Waals surface area contributed by atoms with Crippen LogP contribution in [0.4, 0.5) is 0 Å². The summed E-state index contributed by atoms with van der Waals surface area (Å²) in [4.78, 5) is 14.8. The Bertz CT molecular complexity index is 1380. The van der Waals surface area contributed by atoms with Gasteiger partial charge in [0.15, 0.2) is 14.6 Å². The van der Waals surface area contributed by atoms with Gasteiger partial charge in [0.1, 0.15) is 5.75 Å². The van der Waals surface area contributed by atoms with Gasteiger partial charge in [-0.15, -0.1) is 0 Å². The minimum atomic E-state index is -4.07. The summed E-state index contributed by atoms with van der Waals surface area (Å²) >= 11 is 0. The molecule has 0 unspecified atom stereocenters. The maximum Gasteiger partial charge on any atom is 0.265 e. The van der Waals surface area contributed by atoms with Crippen LogP contribution in [0.2, 0.25) is 0 Å². The van der Waals surface area contributed by atoms with Gasteiger partial charge in [0.25, 0.3) is 5.91 Å². The molecule has 4 rings (SSSR count). The molecule has 0 atom stereocenters. The van der Waals surface area contributed by atoms with Crippen LogP contribution in [0.3, 0.4) is 0 Å². The van der Waals surface area contributed by atoms with Gasteiger partial charge in [-0.05, 0) is 78.6 Å². The first-order chi connectivity index (χ1) is 19.8. The Morgan fingerprint density at radius 2 is 1.66 bits per heavy atom. The van der Waals surface area contributed by atoms with E-state index in [0.717, 1.165) is 19.3 Å². The number of sulfone groups is 1. The van der Waals surface area contributed by atoms with E-state index in [1.54, 1.807) is 24.7 Å². The molecule has 3 aromatic rings. The number of nitrogens with zero attached hydrogens (tertiary/aromatic N) is 1. The number of nitrogens with one attached hydrogen (secondary N) is 1. The number of hydrogen-bond donors (Lipinski definition) is 2. The molecule has 9 heteroatoms. The molecule has 0 saturated carbocycles. The molecule has 41 heavy (non-hydrogen) atoms. The van der Waals surface area contributed by atoms with E-state index in [-0.39, 0.29) is 17.7 Å². The normalized spacial score (nSPS) is 15.4. The largest absolute Gasteiger partial charge is 0.494 e. The summed E-state index contributed by atoms with van der Waals surface area (Å²) in [7, 11) is -2.46. The Balaban J connectivity index is 1.34. The average molecular weight is 581 g/mol. The highest BCUT2D eigenvalue weighted by Crippen LogP contribution is 2.36. The lowest BCUT2D eigenvalue weighted by Gasteiger charge is -2.39. The molecule has 3 aromatic carbocycles. The fourth-order valence-corrected chi connectivity index (χ4v) is 7.28. The van der Waals surface area contributed by atoms with Crippen LogP contribution in [0.1, 0.15) is 37.3 Å². The summed E-state index contributed by atoms with van der Waals surface area (Å²) < 4.78 is 36.6. The highest BCUT2D eigenvalue weighted by molar-refractivity contribution is 7.93. The van der Waals surface area contributed by atoms with Gasteiger partial charge >= 0.3 is 0 Å². The molecule has 0 spiro atoms. The molecule has 0 radical (unpaired) electrons. The molecule has 2 N–H and O–H groups in total. The Labute approximate surface area is 243 Å². The van der Waals surface area contributed by atoms with Crippen molar-refractivity contribution in [2.75, 3.05) is 40.0 Å². The fourth-order valence-electron chi connectivity index (χ4n) is 5.32. The lowest BCUT2D eigenvalue weighted by atomic mass is 9.95. The minimum Gasteiger partial charge on any atom is -0.494 e. The van der Waals surface area contributed by atoms with Crippen molar-refractivity contribution in [1.82, 2.24) is 10.4 Å². The number of aryl methyl sites for hydroxylation is 2. The van der Waals surface area contributed by atoms with Crippen molar-refractivity contribution in [3.05, 3.63) is 83.9 Å². The number of ether oxygens (including phenoxy) is 2. The van der Waals surface area contributed by atoms with Crippen LogP contribution >= 0.6 is 0 Å². The maximum absolute atomic E-state index is 13.7. The van der Waals surface area contributed by atoms with Crippen LogP contribution in [0.25, 0.3) is 11.1 Å². The predicted octanol–water partition coefficient (Wildman–Crippen LogP) is 4.69. The van der Waals surface area contributed by atoms with Crippen molar-refractivity contribution in [3.8, 4) is 16.9 Å². The third-order valence-electron chi connectivity index (χ3n) is 7.94. The summed E-state index contributed by atoms with van der Waals surface area (Å²) in [6.45, 7) is 4.62. The maximum atomic E-state index is 13.7. The number of hydroxylamine groups is 1. The summed E-state index contributed by atoms with van der Waals surface area (Å²) in [6.07, 6.45) is 2.84. The van der Waals surface area contributed by atoms with E-state index in [9.17, 15) is 18.4 Å². The van der Waals surface area contributed by atoms with Crippen molar-refractivity contribution in [2.24, 2.45) is 0 Å². The third kappa shape index (κ3) is 7.16. The Kier molecular flexibility index (Phi) is 10.6. The lowest BCUT2D eigenvalue weighted by molar-refractivity contribution is -0.133. The predicted molar refractivity (Wildman–Crippen MR) is 159 cm³/mol. The van der Waals surface area contributed by atoms with Gasteiger partial charge in [0.05, 0.1) is 18.1 Å². The van der Waals surface area contributed by atoms with Crippen LogP contribution in [0, 0.1) is 0 Å². The Morgan fingerprint density at radius 1 is 0.951 bits per heavy atom. The number of rotatable bonds is 13. The lowest BCUT2D eigenvalue weighted by Crippen LogP contribution is -2.57. The third-order valence-corrected chi connectivity index (χ3v) is 10.5. The van der Waals surface area contributed by atoms with Gasteiger partial charge in [-0.1, -0.05) is 55.5 Å². The van der Waals surface area contributed by atoms with Crippen molar-refractivity contribution < 1.29 is 27.9 Å². The number of methoxy groups -OCH3 is 1. The number of amides is 1. The number of hydrogen-bond acceptors (Lipinski definition) is 7. The quantitative estimate of drug-likeness (QED) is 0.172. The van der Waals surface area contributed by atoms with E-state index in [1.165, 1.54) is 34.4 Å². The summed E-state index contributed by atoms with van der Waals surface area (Å²) in [6, 6.07) is 23.4. The second kappa shape index (κ2) is 14.1. The molecule has 1 heterocycles. The molecule has 1 aliphatic rings. The number of carbonyl (C=O) groups is 1. The summed E-state index contributed by atoms with van der Waals surface area (Å²) in [5.41, 5.74) is 6.54. The number of piperidine rings is 1. The van der Waals surface area contributed by atoms with E-state index in [1.807, 2.05) is 0 Å². The van der Waals surface area contributed by atoms with Crippen LogP contribution in [-0.4, -0.2) is 69.1 Å². The Morgan fingerprint density at radius 3 is 2.29 bits per heavy atom. The molecule has 8 nitrogen and oxygen atoms in total. The first-order valence-corrected chi connectivity index (χ1v) is 15.6. The second-order valence-corrected chi connectivity index (χ2v) is 12.7. The first kappa shape index (κ1) is 30.7. The molecular weight excluding hydrogens is 540 g/mol. The van der Waals surface area contributed by atoms with Crippen LogP contribution in [-0.2, 0) is 32.2 Å². The fraction of sp³-hybridized carbons (Fsp3) is 0.406. The van der Waals surface area contributed by atoms with E-state index >= 15 is 0 Å². The SMILES string of the molecule is CCc1ccc(-c2cccc(CCCOc3ccc(S(=O)(=O)C4(C(=O)NO)CCN(CCOC)CC4)cc3)c2)cc1. The summed E-state index contributed by atoms with van der Waals surface area (Å²) in [5, 5.41) is 9.39. The van der Waals surface area contributed by atoms with Crippen LogP contribution in [0.5, 0.6) is 5.75 Å². The second-order valence-electron chi connectivity index (χ2n) is 10.4. The van der Waals surface area contributed by atoms with Gasteiger partial charge in [-0.2, -0.15) is 0 Å². The minimum absolute atomic E-state index is 0.0302. The van der Waals surface area contributed by atoms with Gasteiger partial charge in [-0.25, -0.2) is 13.9 Å². The smallest absolute Gasteiger partial charge is 0.265 e. The number of likely N-dealkylation sites (tertiary alicyclic amines) is 1. The van der Waals surface area contributed by atoms with Gasteiger partial charge in [0, 0.05) is 26.7 Å². The number of benzene rings is 3. The molecule has 0 aromatic heterocycles. The highest BCUT2D eigenvalue weighted by atomic mass is 32.2. The molecule has 220 valence electrons. The first-order valence-electron chi connectivity index (χ1n) is 14.1. The Hall–Kier alpha value is -3.24. The van der Waals surface area contributed by atoms with E-state index < -0.39 is 20.5 Å². The molecule has 0 bridgehead atoms. The van der Waals surface area contributed by atoms with E-state index in [4.69, 9.17) is 9.47 Å². The van der Waals surface area contributed by atoms with Crippen molar-refractivity contribution in [1.29, 1.82) is 0 Å². The van der Waals surface area contributed by atoms with Crippen molar-refractivity contribution in [2.45, 2.75) is 48.7 Å². The zero-order valence-electron chi connectivity index (χ0n) is 23.8. The zero-order chi connectivity index (χ0) is 29.3. The number of carbonyl (C=O) groups excluding carboxylic acids is 1. The van der Waals surface area contributed by atoms with Gasteiger partial charge < -0.3 is 14.4 Å². The standard InChI is InChI=1S/C32H40N2O6S/c1-3-25-9-11-27(12-10-25)28-8-4-6-26(24-28)7-5-22-40-29-13-15-30(16-14-29)41(37,38)32(31(35)33-36)17-19-34(20-18-32)21-23-39-2/h4,6,8-16,24,36H,3,5,7,17-23H2,1-2H3,(H,33,35). The van der Waals surface area contributed by atoms with E-state index in [2.05, 4.69) is 60.4 Å². The summed E-state index contributed by atoms with van der Waals surface area (Å²) in [5.74, 6) is -0.338. The highest BCUT2D eigenvalue weighted by Gasteiger charge is 2.52. The molecule has 1 amide bonds. The van der Waals surface area contributed by atoms with E-state index in [0.29, 0.717) is 38.6 Å². The molecular formula is C32H40N2O6S. The van der Waals surface area contributed by atoms with Crippen LogP contribution < -0.4 is 10.2 Å².